The maximum atomic E-state index is 10.4. The van der Waals surface area contributed by atoms with Crippen LogP contribution in [0.1, 0.15) is 20.8 Å². The first-order valence-electron chi connectivity index (χ1n) is 4.49. The van der Waals surface area contributed by atoms with Crippen LogP contribution in [0.2, 0.25) is 0 Å². The smallest absolute Gasteiger partial charge is 0.214 e. The Bertz CT molecular complexity index is 164. The molecular formula is C10H20N2O. The summed E-state index contributed by atoms with van der Waals surface area (Å²) in [5.41, 5.74) is 5.95. The maximum Gasteiger partial charge on any atom is 0.214 e. The minimum atomic E-state index is 0.454. The van der Waals surface area contributed by atoms with Crippen LogP contribution in [0.5, 0.6) is 0 Å². The van der Waals surface area contributed by atoms with Crippen LogP contribution in [-0.2, 0) is 4.79 Å². The number of rotatable bonds is 5. The lowest BCUT2D eigenvalue weighted by molar-refractivity contribution is -0.116. The molecule has 76 valence electrons. The van der Waals surface area contributed by atoms with Gasteiger partial charge in [-0.05, 0) is 13.0 Å². The molecule has 0 bridgehead atoms. The highest BCUT2D eigenvalue weighted by Gasteiger charge is 1.99. The number of carbonyl (C=O) groups is 1. The molecule has 0 radical (unpaired) electrons. The van der Waals surface area contributed by atoms with Gasteiger partial charge in [0.15, 0.2) is 0 Å². The highest BCUT2D eigenvalue weighted by atomic mass is 16.1. The van der Waals surface area contributed by atoms with Crippen LogP contribution in [0.15, 0.2) is 24.4 Å². The Labute approximate surface area is 80.9 Å². The van der Waals surface area contributed by atoms with Gasteiger partial charge in [0.05, 0.1) is 0 Å². The Balaban J connectivity index is 0. The first-order valence-corrected chi connectivity index (χ1v) is 4.49. The van der Waals surface area contributed by atoms with Gasteiger partial charge < -0.3 is 10.6 Å². The van der Waals surface area contributed by atoms with E-state index in [1.165, 1.54) is 4.90 Å². The average Bonchev–Trinajstić information content (AvgIpc) is 2.17. The molecule has 1 amide bonds. The van der Waals surface area contributed by atoms with Gasteiger partial charge in [-0.25, -0.2) is 0 Å². The number of nitrogens with two attached hydrogens (primary N) is 1. The van der Waals surface area contributed by atoms with Crippen molar-refractivity contribution in [2.24, 2.45) is 5.73 Å². The van der Waals surface area contributed by atoms with E-state index in [9.17, 15) is 4.79 Å². The van der Waals surface area contributed by atoms with Gasteiger partial charge in [-0.1, -0.05) is 26.5 Å². The number of carbonyl (C=O) groups excluding carboxylic acids is 1. The van der Waals surface area contributed by atoms with Gasteiger partial charge in [-0.3, -0.25) is 4.79 Å². The van der Waals surface area contributed by atoms with Crippen LogP contribution >= 0.6 is 0 Å². The predicted octanol–water partition coefficient (Wildman–Crippen LogP) is 1.52. The minimum Gasteiger partial charge on any atom is -0.329 e. The SMILES string of the molecule is C=C(/C=C\C)N(C=O)CCN.CC. The molecule has 0 aliphatic carbocycles. The van der Waals surface area contributed by atoms with Crippen LogP contribution < -0.4 is 5.73 Å². The summed E-state index contributed by atoms with van der Waals surface area (Å²) in [7, 11) is 0. The predicted molar refractivity (Wildman–Crippen MR) is 57.1 cm³/mol. The van der Waals surface area contributed by atoms with Crippen molar-refractivity contribution in [3.8, 4) is 0 Å². The summed E-state index contributed by atoms with van der Waals surface area (Å²) < 4.78 is 0. The minimum absolute atomic E-state index is 0.454. The molecular weight excluding hydrogens is 164 g/mol. The summed E-state index contributed by atoms with van der Waals surface area (Å²) >= 11 is 0. The van der Waals surface area contributed by atoms with Crippen molar-refractivity contribution in [1.82, 2.24) is 4.90 Å². The molecule has 13 heavy (non-hydrogen) atoms. The van der Waals surface area contributed by atoms with Gasteiger partial charge in [0.1, 0.15) is 0 Å². The topological polar surface area (TPSA) is 46.3 Å². The number of hydrogen-bond donors (Lipinski definition) is 1. The molecule has 0 atom stereocenters. The molecule has 0 aliphatic heterocycles. The van der Waals surface area contributed by atoms with E-state index >= 15 is 0 Å². The number of allylic oxidation sites excluding steroid dienone is 2. The molecule has 0 saturated carbocycles. The number of amides is 1. The van der Waals surface area contributed by atoms with Gasteiger partial charge in [0, 0.05) is 18.8 Å². The first kappa shape index (κ1) is 14.4. The van der Waals surface area contributed by atoms with Crippen molar-refractivity contribution < 1.29 is 4.79 Å². The van der Waals surface area contributed by atoms with Crippen molar-refractivity contribution in [2.45, 2.75) is 20.8 Å². The maximum absolute atomic E-state index is 10.4. The van der Waals surface area contributed by atoms with E-state index < -0.39 is 0 Å². The summed E-state index contributed by atoms with van der Waals surface area (Å²) in [4.78, 5) is 11.9. The lowest BCUT2D eigenvalue weighted by Crippen LogP contribution is -2.26. The zero-order valence-corrected chi connectivity index (χ0v) is 8.79. The van der Waals surface area contributed by atoms with Crippen LogP contribution in [0.25, 0.3) is 0 Å². The van der Waals surface area contributed by atoms with E-state index in [0.29, 0.717) is 18.8 Å². The molecule has 0 fully saturated rings. The summed E-state index contributed by atoms with van der Waals surface area (Å²) in [6, 6.07) is 0. The van der Waals surface area contributed by atoms with Crippen molar-refractivity contribution in [2.75, 3.05) is 13.1 Å². The van der Waals surface area contributed by atoms with Crippen molar-refractivity contribution in [3.63, 3.8) is 0 Å². The monoisotopic (exact) mass is 184 g/mol. The van der Waals surface area contributed by atoms with Gasteiger partial charge in [0.25, 0.3) is 0 Å². The summed E-state index contributed by atoms with van der Waals surface area (Å²) in [5, 5.41) is 0. The van der Waals surface area contributed by atoms with Gasteiger partial charge in [-0.15, -0.1) is 0 Å². The van der Waals surface area contributed by atoms with E-state index in [2.05, 4.69) is 6.58 Å². The molecule has 0 aromatic heterocycles. The fraction of sp³-hybridized carbons (Fsp3) is 0.500. The van der Waals surface area contributed by atoms with Crippen LogP contribution in [0, 0.1) is 0 Å². The highest BCUT2D eigenvalue weighted by Crippen LogP contribution is 1.98. The number of hydrogen-bond acceptors (Lipinski definition) is 2. The Morgan fingerprint density at radius 2 is 2.08 bits per heavy atom. The van der Waals surface area contributed by atoms with Crippen molar-refractivity contribution in [3.05, 3.63) is 24.4 Å². The largest absolute Gasteiger partial charge is 0.329 e. The molecule has 2 N–H and O–H groups in total. The zero-order valence-electron chi connectivity index (χ0n) is 8.79. The molecule has 0 rings (SSSR count). The molecule has 0 aliphatic rings. The molecule has 0 unspecified atom stereocenters. The Morgan fingerprint density at radius 3 is 2.38 bits per heavy atom. The first-order chi connectivity index (χ1) is 6.26. The average molecular weight is 184 g/mol. The van der Waals surface area contributed by atoms with E-state index in [1.807, 2.05) is 26.8 Å². The third-order valence-corrected chi connectivity index (χ3v) is 1.23. The molecule has 3 heteroatoms. The van der Waals surface area contributed by atoms with Crippen molar-refractivity contribution >= 4 is 6.41 Å². The van der Waals surface area contributed by atoms with E-state index in [-0.39, 0.29) is 0 Å². The molecule has 0 saturated heterocycles. The molecule has 3 nitrogen and oxygen atoms in total. The summed E-state index contributed by atoms with van der Waals surface area (Å²) in [5.74, 6) is 0. The molecule has 0 spiro atoms. The molecule has 0 heterocycles. The third-order valence-electron chi connectivity index (χ3n) is 1.23. The molecule has 0 aromatic carbocycles. The van der Waals surface area contributed by atoms with E-state index in [1.54, 1.807) is 6.08 Å². The number of nitrogens with zero attached hydrogens (tertiary/aromatic N) is 1. The second-order valence-electron chi connectivity index (χ2n) is 2.08. The van der Waals surface area contributed by atoms with E-state index in [4.69, 9.17) is 5.73 Å². The van der Waals surface area contributed by atoms with Gasteiger partial charge in [0.2, 0.25) is 6.41 Å². The van der Waals surface area contributed by atoms with Gasteiger partial charge in [-0.2, -0.15) is 0 Å². The normalized spacial score (nSPS) is 8.92. The quantitative estimate of drug-likeness (QED) is 0.520. The Hall–Kier alpha value is -1.09. The Morgan fingerprint density at radius 1 is 1.54 bits per heavy atom. The fourth-order valence-electron chi connectivity index (χ4n) is 0.691. The lowest BCUT2D eigenvalue weighted by Gasteiger charge is -2.15. The third kappa shape index (κ3) is 7.28. The van der Waals surface area contributed by atoms with Crippen LogP contribution in [-0.4, -0.2) is 24.4 Å². The van der Waals surface area contributed by atoms with Crippen LogP contribution in [0.3, 0.4) is 0 Å². The Kier molecular flexibility index (Phi) is 12.1. The zero-order chi connectivity index (χ0) is 10.7. The van der Waals surface area contributed by atoms with E-state index in [0.717, 1.165) is 6.41 Å². The van der Waals surface area contributed by atoms with Gasteiger partial charge >= 0.3 is 0 Å². The van der Waals surface area contributed by atoms with Crippen molar-refractivity contribution in [1.29, 1.82) is 0 Å². The highest BCUT2D eigenvalue weighted by molar-refractivity contribution is 5.52. The summed E-state index contributed by atoms with van der Waals surface area (Å²) in [6.45, 7) is 10.5. The fourth-order valence-corrected chi connectivity index (χ4v) is 0.691. The second-order valence-corrected chi connectivity index (χ2v) is 2.08. The van der Waals surface area contributed by atoms with Crippen LogP contribution in [0.4, 0.5) is 0 Å². The molecule has 0 aromatic rings. The summed E-state index contributed by atoms with van der Waals surface area (Å²) in [6.07, 6.45) is 4.33. The standard InChI is InChI=1S/C8H14N2O.C2H6/c1-3-4-8(2)10(7-11)6-5-9;1-2/h3-4,7H,2,5-6,9H2,1H3;1-2H3/b4-3-;. The lowest BCUT2D eigenvalue weighted by atomic mass is 10.4. The second kappa shape index (κ2) is 10.9.